The van der Waals surface area contributed by atoms with Crippen molar-refractivity contribution < 1.29 is 0 Å². The number of unbranched alkanes of at least 4 members (excludes halogenated alkanes) is 3. The molecule has 0 radical (unpaired) electrons. The van der Waals surface area contributed by atoms with E-state index in [1.165, 1.54) is 68.0 Å². The van der Waals surface area contributed by atoms with Crippen LogP contribution in [0.4, 0.5) is 0 Å². The van der Waals surface area contributed by atoms with E-state index in [1.54, 1.807) is 0 Å². The molecular weight excluding hydrogens is 284 g/mol. The Bertz CT molecular complexity index is 310. The van der Waals surface area contributed by atoms with Crippen LogP contribution in [0.2, 0.25) is 0 Å². The van der Waals surface area contributed by atoms with E-state index in [0.29, 0.717) is 5.54 Å². The molecule has 20 heavy (non-hydrogen) atoms. The van der Waals surface area contributed by atoms with Crippen molar-refractivity contribution in [1.29, 1.82) is 0 Å². The first-order valence-electron chi connectivity index (χ1n) is 8.18. The predicted octanol–water partition coefficient (Wildman–Crippen LogP) is 4.55. The Morgan fingerprint density at radius 3 is 2.75 bits per heavy atom. The van der Waals surface area contributed by atoms with Crippen molar-refractivity contribution >= 4 is 28.7 Å². The number of rotatable bonds is 7. The summed E-state index contributed by atoms with van der Waals surface area (Å²) in [6.07, 6.45) is 13.0. The van der Waals surface area contributed by atoms with Gasteiger partial charge in [-0.1, -0.05) is 31.5 Å². The topological polar surface area (TPSA) is 24.4 Å². The summed E-state index contributed by atoms with van der Waals surface area (Å²) in [5, 5.41) is 4.97. The number of nitrogens with one attached hydrogen (secondary N) is 1. The maximum Gasteiger partial charge on any atom is 0.157 e. The maximum atomic E-state index is 4.77. The Morgan fingerprint density at radius 1 is 1.25 bits per heavy atom. The summed E-state index contributed by atoms with van der Waals surface area (Å²) in [5.41, 5.74) is 0.397. The van der Waals surface area contributed by atoms with Gasteiger partial charge in [-0.25, -0.2) is 0 Å². The number of hydrogen-bond acceptors (Lipinski definition) is 3. The molecule has 0 aromatic rings. The summed E-state index contributed by atoms with van der Waals surface area (Å²) in [7, 11) is 0. The van der Waals surface area contributed by atoms with Gasteiger partial charge in [-0.05, 0) is 56.5 Å². The molecule has 0 unspecified atom stereocenters. The molecule has 0 aromatic heterocycles. The lowest BCUT2D eigenvalue weighted by Crippen LogP contribution is -2.46. The lowest BCUT2D eigenvalue weighted by Gasteiger charge is -2.35. The molecule has 2 fully saturated rings. The van der Waals surface area contributed by atoms with Gasteiger partial charge in [-0.15, -0.1) is 0 Å². The van der Waals surface area contributed by atoms with Crippen LogP contribution in [0.25, 0.3) is 0 Å². The van der Waals surface area contributed by atoms with Gasteiger partial charge in [0.25, 0.3) is 0 Å². The molecule has 0 amide bonds. The van der Waals surface area contributed by atoms with Crippen LogP contribution < -0.4 is 5.32 Å². The largest absolute Gasteiger partial charge is 0.359 e. The second-order valence-electron chi connectivity index (χ2n) is 6.47. The van der Waals surface area contributed by atoms with E-state index in [-0.39, 0.29) is 0 Å². The molecule has 2 nitrogen and oxygen atoms in total. The summed E-state index contributed by atoms with van der Waals surface area (Å²) in [6.45, 7) is 3.40. The van der Waals surface area contributed by atoms with E-state index in [4.69, 9.17) is 4.99 Å². The van der Waals surface area contributed by atoms with Crippen LogP contribution in [0.15, 0.2) is 4.99 Å². The lowest BCUT2D eigenvalue weighted by molar-refractivity contribution is 0.251. The minimum absolute atomic E-state index is 0.397. The van der Waals surface area contributed by atoms with Crippen LogP contribution in [-0.2, 0) is 0 Å². The highest BCUT2D eigenvalue weighted by atomic mass is 32.2. The van der Waals surface area contributed by atoms with Crippen molar-refractivity contribution in [3.63, 3.8) is 0 Å². The highest BCUT2D eigenvalue weighted by Crippen LogP contribution is 2.38. The fourth-order valence-corrected chi connectivity index (χ4v) is 4.81. The Labute approximate surface area is 133 Å². The monoisotopic (exact) mass is 314 g/mol. The summed E-state index contributed by atoms with van der Waals surface area (Å²) in [6, 6.07) is 0. The molecule has 116 valence electrons. The third kappa shape index (κ3) is 5.18. The molecule has 0 aromatic carbocycles. The molecule has 4 heteroatoms. The Kier molecular flexibility index (Phi) is 7.09. The number of thioether (sulfide) groups is 2. The molecule has 1 N–H and O–H groups in total. The highest BCUT2D eigenvalue weighted by molar-refractivity contribution is 8.14. The summed E-state index contributed by atoms with van der Waals surface area (Å²) >= 11 is 3.91. The molecule has 0 bridgehead atoms. The van der Waals surface area contributed by atoms with E-state index >= 15 is 0 Å². The van der Waals surface area contributed by atoms with Crippen molar-refractivity contribution in [3.05, 3.63) is 0 Å². The van der Waals surface area contributed by atoms with E-state index in [9.17, 15) is 0 Å². The third-order valence-corrected chi connectivity index (χ3v) is 6.50. The smallest absolute Gasteiger partial charge is 0.157 e. The van der Waals surface area contributed by atoms with Gasteiger partial charge in [0.05, 0.1) is 0 Å². The van der Waals surface area contributed by atoms with Crippen LogP contribution in [0.5, 0.6) is 0 Å². The first-order chi connectivity index (χ1) is 9.74. The summed E-state index contributed by atoms with van der Waals surface area (Å²) < 4.78 is 0. The minimum atomic E-state index is 0.397. The number of nitrogens with zero attached hydrogens (tertiary/aromatic N) is 1. The van der Waals surface area contributed by atoms with Gasteiger partial charge in [0, 0.05) is 17.8 Å². The SMILES string of the molecule is CSCCCCCCN=C1NC2(CCC(C)CC2)CS1. The Balaban J connectivity index is 1.61. The van der Waals surface area contributed by atoms with Crippen LogP contribution >= 0.6 is 23.5 Å². The van der Waals surface area contributed by atoms with Gasteiger partial charge >= 0.3 is 0 Å². The molecule has 1 saturated heterocycles. The molecule has 1 aliphatic heterocycles. The fourth-order valence-electron chi connectivity index (χ4n) is 3.07. The number of hydrogen-bond donors (Lipinski definition) is 1. The zero-order chi connectivity index (χ0) is 14.3. The highest BCUT2D eigenvalue weighted by Gasteiger charge is 2.39. The van der Waals surface area contributed by atoms with Gasteiger partial charge < -0.3 is 5.32 Å². The average molecular weight is 315 g/mol. The number of aliphatic imine (C=N–C) groups is 1. The normalized spacial score (nSPS) is 31.9. The van der Waals surface area contributed by atoms with E-state index < -0.39 is 0 Å². The third-order valence-electron chi connectivity index (χ3n) is 4.60. The molecule has 1 saturated carbocycles. The molecule has 1 spiro atoms. The second kappa shape index (κ2) is 8.57. The summed E-state index contributed by atoms with van der Waals surface area (Å²) in [5.74, 6) is 3.48. The number of amidine groups is 1. The zero-order valence-corrected chi connectivity index (χ0v) is 14.8. The standard InChI is InChI=1S/C16H30N2S2/c1-14-7-9-16(10-8-14)13-20-15(18-16)17-11-5-3-4-6-12-19-2/h14H,3-13H2,1-2H3,(H,17,18). The molecule has 2 rings (SSSR count). The van der Waals surface area contributed by atoms with Gasteiger partial charge in [0.15, 0.2) is 5.17 Å². The zero-order valence-electron chi connectivity index (χ0n) is 13.1. The van der Waals surface area contributed by atoms with Crippen LogP contribution in [-0.4, -0.2) is 35.0 Å². The van der Waals surface area contributed by atoms with Crippen molar-refractivity contribution in [1.82, 2.24) is 5.32 Å². The lowest BCUT2D eigenvalue weighted by atomic mass is 9.78. The second-order valence-corrected chi connectivity index (χ2v) is 8.42. The van der Waals surface area contributed by atoms with Gasteiger partial charge in [0.2, 0.25) is 0 Å². The van der Waals surface area contributed by atoms with Gasteiger partial charge in [0.1, 0.15) is 0 Å². The molecule has 1 aliphatic carbocycles. The van der Waals surface area contributed by atoms with Crippen molar-refractivity contribution in [2.45, 2.75) is 63.8 Å². The Hall–Kier alpha value is 0.170. The van der Waals surface area contributed by atoms with Gasteiger partial charge in [-0.3, -0.25) is 4.99 Å². The fraction of sp³-hybridized carbons (Fsp3) is 0.938. The average Bonchev–Trinajstić information content (AvgIpc) is 2.85. The Morgan fingerprint density at radius 2 is 2.00 bits per heavy atom. The summed E-state index contributed by atoms with van der Waals surface area (Å²) in [4.78, 5) is 4.77. The predicted molar refractivity (Wildman–Crippen MR) is 95.1 cm³/mol. The van der Waals surface area contributed by atoms with Crippen molar-refractivity contribution in [2.75, 3.05) is 24.3 Å². The minimum Gasteiger partial charge on any atom is -0.359 e. The first-order valence-corrected chi connectivity index (χ1v) is 10.6. The van der Waals surface area contributed by atoms with Crippen LogP contribution in [0.1, 0.15) is 58.3 Å². The van der Waals surface area contributed by atoms with E-state index in [2.05, 4.69) is 18.5 Å². The quantitative estimate of drug-likeness (QED) is 0.698. The first kappa shape index (κ1) is 16.5. The molecule has 1 heterocycles. The van der Waals surface area contributed by atoms with E-state index in [1.807, 2.05) is 23.5 Å². The molecule has 2 aliphatic rings. The molecule has 0 atom stereocenters. The van der Waals surface area contributed by atoms with Crippen molar-refractivity contribution in [3.8, 4) is 0 Å². The molecular formula is C16H30N2S2. The van der Waals surface area contributed by atoms with Gasteiger partial charge in [-0.2, -0.15) is 11.8 Å². The van der Waals surface area contributed by atoms with Crippen molar-refractivity contribution in [2.24, 2.45) is 10.9 Å². The maximum absolute atomic E-state index is 4.77. The van der Waals surface area contributed by atoms with Crippen LogP contribution in [0, 0.1) is 5.92 Å². The van der Waals surface area contributed by atoms with Crippen LogP contribution in [0.3, 0.4) is 0 Å². The van der Waals surface area contributed by atoms with E-state index in [0.717, 1.165) is 12.5 Å².